The Hall–Kier alpha value is -1.51. The summed E-state index contributed by atoms with van der Waals surface area (Å²) in [5.41, 5.74) is 6.16. The van der Waals surface area contributed by atoms with Crippen molar-refractivity contribution in [1.82, 2.24) is 19.5 Å². The van der Waals surface area contributed by atoms with E-state index in [0.717, 1.165) is 0 Å². The number of aromatic nitrogens is 4. The Bertz CT molecular complexity index is 1000. The number of rotatable bonds is 8. The lowest BCUT2D eigenvalue weighted by atomic mass is 10.1. The fourth-order valence-electron chi connectivity index (χ4n) is 2.87. The summed E-state index contributed by atoms with van der Waals surface area (Å²) in [6, 6.07) is 0. The Morgan fingerprint density at radius 3 is 2.63 bits per heavy atom. The van der Waals surface area contributed by atoms with Gasteiger partial charge in [-0.2, -0.15) is 0 Å². The Labute approximate surface area is 169 Å². The second kappa shape index (κ2) is 8.55. The Morgan fingerprint density at radius 1 is 1.27 bits per heavy atom. The van der Waals surface area contributed by atoms with Gasteiger partial charge in [-0.25, -0.2) is 23.8 Å². The molecule has 15 nitrogen and oxygen atoms in total. The van der Waals surface area contributed by atoms with Crippen molar-refractivity contribution in [2.45, 2.75) is 37.6 Å². The average Bonchev–Trinajstić information content (AvgIpc) is 3.14. The smallest absolute Gasteiger partial charge is 0.393 e. The molecule has 3 rings (SSSR count). The SMILES string of the molecule is CC(O)CP(=O)(O)OP(=O)(O)OC[C@H]1O[C@@H](n2cnc3c(N)ncnc32)[C@H](O)[C@@H]1O. The zero-order valence-corrected chi connectivity index (χ0v) is 17.3. The van der Waals surface area contributed by atoms with Crippen molar-refractivity contribution in [3.05, 3.63) is 12.7 Å². The summed E-state index contributed by atoms with van der Waals surface area (Å²) in [4.78, 5) is 31.0. The van der Waals surface area contributed by atoms with E-state index in [1.54, 1.807) is 0 Å². The monoisotopic (exact) mass is 469 g/mol. The maximum atomic E-state index is 11.9. The molecule has 2 aromatic heterocycles. The maximum Gasteiger partial charge on any atom is 0.479 e. The molecule has 0 aliphatic carbocycles. The molecule has 7 atom stereocenters. The van der Waals surface area contributed by atoms with E-state index in [1.807, 2.05) is 0 Å². The molecule has 30 heavy (non-hydrogen) atoms. The van der Waals surface area contributed by atoms with Crippen LogP contribution in [0, 0.1) is 0 Å². The summed E-state index contributed by atoms with van der Waals surface area (Å²) in [6.45, 7) is 0.429. The Morgan fingerprint density at radius 2 is 1.97 bits per heavy atom. The average molecular weight is 469 g/mol. The molecule has 0 saturated carbocycles. The normalized spacial score (nSPS) is 29.5. The fraction of sp³-hybridized carbons (Fsp3) is 0.615. The van der Waals surface area contributed by atoms with E-state index < -0.39 is 58.8 Å². The van der Waals surface area contributed by atoms with Crippen LogP contribution in [0.3, 0.4) is 0 Å². The van der Waals surface area contributed by atoms with Gasteiger partial charge in [-0.1, -0.05) is 0 Å². The van der Waals surface area contributed by atoms with Gasteiger partial charge in [-0.05, 0) is 6.92 Å². The highest BCUT2D eigenvalue weighted by Gasteiger charge is 2.46. The maximum absolute atomic E-state index is 11.9. The first-order valence-electron chi connectivity index (χ1n) is 8.53. The number of nitrogens with zero attached hydrogens (tertiary/aromatic N) is 4. The molecule has 1 fully saturated rings. The van der Waals surface area contributed by atoms with Crippen LogP contribution < -0.4 is 5.73 Å². The minimum atomic E-state index is -5.05. The van der Waals surface area contributed by atoms with E-state index in [9.17, 15) is 29.1 Å². The first-order chi connectivity index (χ1) is 13.9. The molecule has 3 unspecified atom stereocenters. The molecule has 168 valence electrons. The summed E-state index contributed by atoms with van der Waals surface area (Å²) in [6.07, 6.45) is -5.16. The summed E-state index contributed by atoms with van der Waals surface area (Å²) < 4.78 is 39.3. The summed E-state index contributed by atoms with van der Waals surface area (Å²) >= 11 is 0. The van der Waals surface area contributed by atoms with Gasteiger partial charge in [0.1, 0.15) is 30.2 Å². The van der Waals surface area contributed by atoms with E-state index in [0.29, 0.717) is 0 Å². The lowest BCUT2D eigenvalue weighted by Crippen LogP contribution is -2.33. The highest BCUT2D eigenvalue weighted by atomic mass is 31.3. The number of aliphatic hydroxyl groups is 3. The molecule has 0 spiro atoms. The lowest BCUT2D eigenvalue weighted by Gasteiger charge is -2.20. The van der Waals surface area contributed by atoms with Crippen molar-refractivity contribution in [1.29, 1.82) is 0 Å². The molecule has 1 aliphatic rings. The zero-order chi connectivity index (χ0) is 22.3. The van der Waals surface area contributed by atoms with Crippen LogP contribution in [0.5, 0.6) is 0 Å². The van der Waals surface area contributed by atoms with E-state index in [4.69, 9.17) is 15.6 Å². The number of aliphatic hydroxyl groups excluding tert-OH is 3. The first-order valence-corrected chi connectivity index (χ1v) is 11.8. The van der Waals surface area contributed by atoms with Gasteiger partial charge in [-0.3, -0.25) is 13.7 Å². The van der Waals surface area contributed by atoms with Crippen LogP contribution in [0.4, 0.5) is 5.82 Å². The highest BCUT2D eigenvalue weighted by molar-refractivity contribution is 7.64. The molecule has 3 heterocycles. The zero-order valence-electron chi connectivity index (χ0n) is 15.5. The third-order valence-corrected chi connectivity index (χ3v) is 7.44. The second-order valence-electron chi connectivity index (χ2n) is 6.64. The van der Waals surface area contributed by atoms with E-state index in [1.165, 1.54) is 24.1 Å². The number of fused-ring (bicyclic) bond motifs is 1. The number of imidazole rings is 1. The van der Waals surface area contributed by atoms with Gasteiger partial charge in [0.2, 0.25) is 0 Å². The van der Waals surface area contributed by atoms with Gasteiger partial charge in [0, 0.05) is 0 Å². The molecule has 0 amide bonds. The van der Waals surface area contributed by atoms with Crippen molar-refractivity contribution in [2.75, 3.05) is 18.5 Å². The van der Waals surface area contributed by atoms with Gasteiger partial charge in [0.15, 0.2) is 17.7 Å². The number of nitrogens with two attached hydrogens (primary N) is 1. The lowest BCUT2D eigenvalue weighted by molar-refractivity contribution is -0.0502. The number of hydrogen-bond donors (Lipinski definition) is 6. The Kier molecular flexibility index (Phi) is 6.60. The van der Waals surface area contributed by atoms with Crippen molar-refractivity contribution in [3.63, 3.8) is 0 Å². The van der Waals surface area contributed by atoms with Crippen LogP contribution >= 0.6 is 15.4 Å². The van der Waals surface area contributed by atoms with Crippen LogP contribution in [-0.4, -0.2) is 81.8 Å². The number of phosphoric ester groups is 1. The largest absolute Gasteiger partial charge is 0.479 e. The number of anilines is 1. The second-order valence-corrected chi connectivity index (χ2v) is 10.1. The van der Waals surface area contributed by atoms with E-state index in [2.05, 4.69) is 23.8 Å². The van der Waals surface area contributed by atoms with Gasteiger partial charge in [0.05, 0.1) is 25.2 Å². The number of nitrogen functional groups attached to an aromatic ring is 1. The van der Waals surface area contributed by atoms with Crippen molar-refractivity contribution in [3.8, 4) is 0 Å². The fourth-order valence-corrected chi connectivity index (χ4v) is 5.62. The Balaban J connectivity index is 1.69. The molecule has 0 radical (unpaired) electrons. The minimum Gasteiger partial charge on any atom is -0.393 e. The minimum absolute atomic E-state index is 0.0932. The van der Waals surface area contributed by atoms with Gasteiger partial charge in [-0.15, -0.1) is 0 Å². The molecule has 17 heteroatoms. The standard InChI is InChI=1S/C13H21N5O10P2/c1-6(19)3-29(22,23)28-30(24,25)26-2-7-9(20)10(21)13(27-7)18-5-17-8-11(14)15-4-16-12(8)18/h4-7,9-10,13,19-21H,2-3H2,1H3,(H,22,23)(H,24,25)(H2,14,15,16)/t6?,7-,9-,10-,13-/m1/s1. The van der Waals surface area contributed by atoms with Crippen LogP contribution in [-0.2, 0) is 22.7 Å². The van der Waals surface area contributed by atoms with Gasteiger partial charge in [0.25, 0.3) is 0 Å². The number of hydrogen-bond acceptors (Lipinski definition) is 12. The van der Waals surface area contributed by atoms with Crippen molar-refractivity contribution >= 4 is 32.4 Å². The summed E-state index contributed by atoms with van der Waals surface area (Å²) in [5.74, 6) is 0.0932. The van der Waals surface area contributed by atoms with E-state index in [-0.39, 0.29) is 17.0 Å². The molecule has 1 saturated heterocycles. The predicted molar refractivity (Wildman–Crippen MR) is 98.9 cm³/mol. The predicted octanol–water partition coefficient (Wildman–Crippen LogP) is -1.27. The molecule has 1 aliphatic heterocycles. The summed E-state index contributed by atoms with van der Waals surface area (Å²) in [7, 11) is -9.67. The summed E-state index contributed by atoms with van der Waals surface area (Å²) in [5, 5.41) is 29.7. The highest BCUT2D eigenvalue weighted by Crippen LogP contribution is 2.60. The van der Waals surface area contributed by atoms with E-state index >= 15 is 0 Å². The number of phosphoric acid groups is 1. The molecular weight excluding hydrogens is 448 g/mol. The van der Waals surface area contributed by atoms with Crippen molar-refractivity contribution in [2.24, 2.45) is 0 Å². The molecule has 0 aromatic carbocycles. The van der Waals surface area contributed by atoms with Gasteiger partial charge < -0.3 is 35.6 Å². The van der Waals surface area contributed by atoms with Crippen LogP contribution in [0.1, 0.15) is 13.2 Å². The van der Waals surface area contributed by atoms with Crippen LogP contribution in [0.25, 0.3) is 11.2 Å². The third-order valence-electron chi connectivity index (χ3n) is 4.13. The third kappa shape index (κ3) is 5.03. The topological polar surface area (TPSA) is 233 Å². The number of ether oxygens (including phenoxy) is 1. The molecule has 7 N–H and O–H groups in total. The molecule has 2 aromatic rings. The van der Waals surface area contributed by atoms with Gasteiger partial charge >= 0.3 is 15.4 Å². The van der Waals surface area contributed by atoms with Crippen LogP contribution in [0.15, 0.2) is 12.7 Å². The van der Waals surface area contributed by atoms with Crippen LogP contribution in [0.2, 0.25) is 0 Å². The molecule has 0 bridgehead atoms. The van der Waals surface area contributed by atoms with Crippen molar-refractivity contribution < 1.29 is 47.8 Å². The molecular formula is C13H21N5O10P2. The quantitative estimate of drug-likeness (QED) is 0.247. The first kappa shape index (κ1) is 23.2.